The third kappa shape index (κ3) is 3.34. The van der Waals surface area contributed by atoms with Crippen molar-refractivity contribution in [2.24, 2.45) is 5.92 Å². The molecule has 0 radical (unpaired) electrons. The second kappa shape index (κ2) is 6.26. The van der Waals surface area contributed by atoms with Crippen LogP contribution in [0.1, 0.15) is 31.2 Å². The minimum absolute atomic E-state index is 0.0943. The van der Waals surface area contributed by atoms with Crippen LogP contribution in [-0.2, 0) is 10.0 Å². The molecule has 1 aliphatic heterocycles. The number of rotatable bonds is 5. The van der Waals surface area contributed by atoms with Gasteiger partial charge in [-0.15, -0.1) is 0 Å². The summed E-state index contributed by atoms with van der Waals surface area (Å²) in [7, 11) is -3.59. The maximum Gasteiger partial charge on any atom is 0.243 e. The molecule has 1 saturated carbocycles. The average Bonchev–Trinajstić information content (AvgIpc) is 3.32. The molecule has 3 rings (SSSR count). The molecule has 1 N–H and O–H groups in total. The molecule has 1 aromatic carbocycles. The van der Waals surface area contributed by atoms with Crippen molar-refractivity contribution in [3.63, 3.8) is 0 Å². The Morgan fingerprint density at radius 2 is 1.91 bits per heavy atom. The van der Waals surface area contributed by atoms with Gasteiger partial charge in [0.05, 0.1) is 4.90 Å². The molecule has 0 unspecified atom stereocenters. The first-order valence-corrected chi connectivity index (χ1v) is 9.41. The van der Waals surface area contributed by atoms with Crippen LogP contribution in [0, 0.1) is 18.7 Å². The Kier molecular flexibility index (Phi) is 4.52. The van der Waals surface area contributed by atoms with E-state index in [1.54, 1.807) is 0 Å². The summed E-state index contributed by atoms with van der Waals surface area (Å²) in [5, 5.41) is 3.53. The van der Waals surface area contributed by atoms with Crippen molar-refractivity contribution in [1.29, 1.82) is 0 Å². The lowest BCUT2D eigenvalue weighted by Crippen LogP contribution is -2.45. The van der Waals surface area contributed by atoms with E-state index in [0.29, 0.717) is 19.1 Å². The number of hydrogen-bond donors (Lipinski definition) is 1. The molecule has 122 valence electrons. The van der Waals surface area contributed by atoms with Crippen LogP contribution in [0.25, 0.3) is 0 Å². The van der Waals surface area contributed by atoms with Crippen molar-refractivity contribution in [2.75, 3.05) is 19.6 Å². The first-order chi connectivity index (χ1) is 10.5. The number of halogens is 1. The molecular weight excluding hydrogens is 303 g/mol. The zero-order valence-electron chi connectivity index (χ0n) is 12.9. The van der Waals surface area contributed by atoms with Crippen LogP contribution in [0.2, 0.25) is 0 Å². The molecule has 6 heteroatoms. The summed E-state index contributed by atoms with van der Waals surface area (Å²) < 4.78 is 40.5. The first kappa shape index (κ1) is 15.9. The van der Waals surface area contributed by atoms with Crippen LogP contribution < -0.4 is 5.32 Å². The van der Waals surface area contributed by atoms with E-state index in [9.17, 15) is 12.8 Å². The Bertz CT molecular complexity index is 636. The van der Waals surface area contributed by atoms with E-state index in [2.05, 4.69) is 5.32 Å². The number of sulfonamides is 1. The predicted octanol–water partition coefficient (Wildman–Crippen LogP) is 2.29. The van der Waals surface area contributed by atoms with Gasteiger partial charge in [0.2, 0.25) is 10.0 Å². The highest BCUT2D eigenvalue weighted by Crippen LogP contribution is 2.29. The third-order valence-electron chi connectivity index (χ3n) is 4.68. The number of benzene rings is 1. The van der Waals surface area contributed by atoms with Gasteiger partial charge in [-0.25, -0.2) is 12.8 Å². The van der Waals surface area contributed by atoms with Crippen molar-refractivity contribution < 1.29 is 12.8 Å². The second-order valence-electron chi connectivity index (χ2n) is 6.39. The Morgan fingerprint density at radius 1 is 1.23 bits per heavy atom. The van der Waals surface area contributed by atoms with Crippen molar-refractivity contribution in [3.05, 3.63) is 29.6 Å². The van der Waals surface area contributed by atoms with Crippen LogP contribution in [-0.4, -0.2) is 38.4 Å². The predicted molar refractivity (Wildman–Crippen MR) is 83.6 cm³/mol. The molecule has 0 spiro atoms. The van der Waals surface area contributed by atoms with Crippen LogP contribution >= 0.6 is 0 Å². The summed E-state index contributed by atoms with van der Waals surface area (Å²) in [6, 6.07) is 4.65. The zero-order valence-corrected chi connectivity index (χ0v) is 13.7. The van der Waals surface area contributed by atoms with E-state index >= 15 is 0 Å². The molecule has 0 aromatic heterocycles. The van der Waals surface area contributed by atoms with E-state index in [-0.39, 0.29) is 10.5 Å². The molecule has 1 saturated heterocycles. The quantitative estimate of drug-likeness (QED) is 0.903. The molecule has 4 nitrogen and oxygen atoms in total. The minimum Gasteiger partial charge on any atom is -0.314 e. The van der Waals surface area contributed by atoms with Crippen LogP contribution in [0.5, 0.6) is 0 Å². The summed E-state index contributed by atoms with van der Waals surface area (Å²) in [6.45, 7) is 3.58. The molecule has 0 atom stereocenters. The lowest BCUT2D eigenvalue weighted by atomic mass is 10.1. The van der Waals surface area contributed by atoms with Crippen LogP contribution in [0.3, 0.4) is 0 Å². The molecular formula is C16H23FN2O2S. The lowest BCUT2D eigenvalue weighted by Gasteiger charge is -2.32. The normalized spacial score (nSPS) is 21.2. The maximum atomic E-state index is 13.6. The lowest BCUT2D eigenvalue weighted by molar-refractivity contribution is 0.288. The molecule has 1 aliphatic carbocycles. The molecule has 0 bridgehead atoms. The summed E-state index contributed by atoms with van der Waals surface area (Å²) in [5.41, 5.74) is 0.205. The van der Waals surface area contributed by atoms with E-state index < -0.39 is 15.8 Å². The van der Waals surface area contributed by atoms with Gasteiger partial charge < -0.3 is 5.32 Å². The van der Waals surface area contributed by atoms with Gasteiger partial charge in [0.1, 0.15) is 5.82 Å². The van der Waals surface area contributed by atoms with E-state index in [0.717, 1.165) is 25.3 Å². The Morgan fingerprint density at radius 3 is 2.55 bits per heavy atom. The fourth-order valence-corrected chi connectivity index (χ4v) is 4.67. The Balaban J connectivity index is 1.65. The highest BCUT2D eigenvalue weighted by Gasteiger charge is 2.31. The molecule has 0 amide bonds. The summed E-state index contributed by atoms with van der Waals surface area (Å²) in [4.78, 5) is 0.0943. The minimum atomic E-state index is -3.59. The van der Waals surface area contributed by atoms with E-state index in [1.807, 2.05) is 0 Å². The van der Waals surface area contributed by atoms with Gasteiger partial charge in [0, 0.05) is 24.7 Å². The van der Waals surface area contributed by atoms with Crippen LogP contribution in [0.15, 0.2) is 23.1 Å². The molecule has 22 heavy (non-hydrogen) atoms. The van der Waals surface area contributed by atoms with Gasteiger partial charge in [-0.05, 0) is 57.2 Å². The summed E-state index contributed by atoms with van der Waals surface area (Å²) in [5.74, 6) is 0.360. The van der Waals surface area contributed by atoms with Gasteiger partial charge in [-0.3, -0.25) is 0 Å². The molecule has 1 heterocycles. The van der Waals surface area contributed by atoms with E-state index in [1.165, 1.54) is 42.3 Å². The standard InChI is InChI=1S/C16H23FN2O2S/c1-12-15(17)3-2-4-16(12)22(20,21)19-9-7-14(8-10-19)18-11-13-5-6-13/h2-4,13-14,18H,5-11H2,1H3. The van der Waals surface area contributed by atoms with Gasteiger partial charge in [0.25, 0.3) is 0 Å². The van der Waals surface area contributed by atoms with Crippen molar-refractivity contribution in [3.8, 4) is 0 Å². The van der Waals surface area contributed by atoms with Crippen molar-refractivity contribution >= 4 is 10.0 Å². The molecule has 2 fully saturated rings. The summed E-state index contributed by atoms with van der Waals surface area (Å²) >= 11 is 0. The SMILES string of the molecule is Cc1c(F)cccc1S(=O)(=O)N1CCC(NCC2CC2)CC1. The average molecular weight is 326 g/mol. The van der Waals surface area contributed by atoms with E-state index in [4.69, 9.17) is 0 Å². The largest absolute Gasteiger partial charge is 0.314 e. The number of nitrogens with one attached hydrogen (secondary N) is 1. The fourth-order valence-electron chi connectivity index (χ4n) is 2.96. The van der Waals surface area contributed by atoms with Crippen molar-refractivity contribution in [1.82, 2.24) is 9.62 Å². The van der Waals surface area contributed by atoms with Gasteiger partial charge in [-0.1, -0.05) is 6.07 Å². The van der Waals surface area contributed by atoms with Crippen molar-refractivity contribution in [2.45, 2.75) is 43.5 Å². The summed E-state index contributed by atoms with van der Waals surface area (Å²) in [6.07, 6.45) is 4.28. The highest BCUT2D eigenvalue weighted by atomic mass is 32.2. The highest BCUT2D eigenvalue weighted by molar-refractivity contribution is 7.89. The van der Waals surface area contributed by atoms with Gasteiger partial charge in [0.15, 0.2) is 0 Å². The van der Waals surface area contributed by atoms with Crippen LogP contribution in [0.4, 0.5) is 4.39 Å². The maximum absolute atomic E-state index is 13.6. The smallest absolute Gasteiger partial charge is 0.243 e. The number of hydrogen-bond acceptors (Lipinski definition) is 3. The second-order valence-corrected chi connectivity index (χ2v) is 8.30. The first-order valence-electron chi connectivity index (χ1n) is 7.97. The third-order valence-corrected chi connectivity index (χ3v) is 6.72. The topological polar surface area (TPSA) is 49.4 Å². The number of piperidine rings is 1. The molecule has 2 aliphatic rings. The monoisotopic (exact) mass is 326 g/mol. The zero-order chi connectivity index (χ0) is 15.7. The fraction of sp³-hybridized carbons (Fsp3) is 0.625. The Hall–Kier alpha value is -0.980. The molecule has 1 aromatic rings. The van der Waals surface area contributed by atoms with Gasteiger partial charge in [-0.2, -0.15) is 4.31 Å². The van der Waals surface area contributed by atoms with Gasteiger partial charge >= 0.3 is 0 Å². The number of nitrogens with zero attached hydrogens (tertiary/aromatic N) is 1. The Labute approximate surface area is 131 Å².